The van der Waals surface area contributed by atoms with E-state index in [1.54, 1.807) is 0 Å². The van der Waals surface area contributed by atoms with Crippen LogP contribution in [0.5, 0.6) is 6.08 Å². The number of amides is 1. The standard InChI is InChI=1S/C16H16Cl2F3N5O4/c17-9-5-12(23-7-10(9)18)13(27)24-8-1-2-11(22-6-8)14-25-26-15(30-14)28-3-4-29-16(19,20)21/h5,7-8,11,22H,1-4,6H2,(H,24,27)/t8-,11+/m0/s1. The first-order valence-corrected chi connectivity index (χ1v) is 9.49. The predicted molar refractivity (Wildman–Crippen MR) is 97.3 cm³/mol. The minimum absolute atomic E-state index is 0.153. The van der Waals surface area contributed by atoms with Crippen molar-refractivity contribution in [1.82, 2.24) is 25.8 Å². The average molecular weight is 470 g/mol. The summed E-state index contributed by atoms with van der Waals surface area (Å²) in [7, 11) is 0. The van der Waals surface area contributed by atoms with E-state index >= 15 is 0 Å². The van der Waals surface area contributed by atoms with Crippen LogP contribution < -0.4 is 15.4 Å². The summed E-state index contributed by atoms with van der Waals surface area (Å²) >= 11 is 11.7. The van der Waals surface area contributed by atoms with Crippen LogP contribution in [0.4, 0.5) is 13.2 Å². The molecule has 2 aromatic heterocycles. The first kappa shape index (κ1) is 22.5. The molecule has 164 valence electrons. The zero-order chi connectivity index (χ0) is 21.7. The number of rotatable bonds is 7. The highest BCUT2D eigenvalue weighted by Gasteiger charge is 2.29. The van der Waals surface area contributed by atoms with E-state index in [-0.39, 0.29) is 45.7 Å². The number of nitrogens with zero attached hydrogens (tertiary/aromatic N) is 3. The third-order valence-electron chi connectivity index (χ3n) is 4.09. The maximum Gasteiger partial charge on any atom is 0.522 e. The van der Waals surface area contributed by atoms with Gasteiger partial charge in [0.1, 0.15) is 12.3 Å². The van der Waals surface area contributed by atoms with E-state index < -0.39 is 19.6 Å². The van der Waals surface area contributed by atoms with Gasteiger partial charge in [-0.2, -0.15) is 0 Å². The van der Waals surface area contributed by atoms with E-state index in [4.69, 9.17) is 32.4 Å². The first-order valence-electron chi connectivity index (χ1n) is 8.73. The number of halogens is 5. The Morgan fingerprint density at radius 1 is 1.27 bits per heavy atom. The molecule has 0 bridgehead atoms. The van der Waals surface area contributed by atoms with Gasteiger partial charge in [-0.15, -0.1) is 18.3 Å². The lowest BCUT2D eigenvalue weighted by atomic mass is 10.0. The van der Waals surface area contributed by atoms with Crippen molar-refractivity contribution in [3.63, 3.8) is 0 Å². The molecule has 3 heterocycles. The number of carbonyl (C=O) groups is 1. The summed E-state index contributed by atoms with van der Waals surface area (Å²) in [6.07, 6.45) is -2.49. The van der Waals surface area contributed by atoms with Gasteiger partial charge in [0, 0.05) is 18.8 Å². The summed E-state index contributed by atoms with van der Waals surface area (Å²) in [6.45, 7) is -0.663. The highest BCUT2D eigenvalue weighted by atomic mass is 35.5. The van der Waals surface area contributed by atoms with E-state index in [2.05, 4.69) is 30.6 Å². The summed E-state index contributed by atoms with van der Waals surface area (Å²) in [4.78, 5) is 16.2. The van der Waals surface area contributed by atoms with Gasteiger partial charge in [-0.1, -0.05) is 28.3 Å². The Balaban J connectivity index is 1.43. The highest BCUT2D eigenvalue weighted by Crippen LogP contribution is 2.25. The molecule has 3 rings (SSSR count). The summed E-state index contributed by atoms with van der Waals surface area (Å²) < 4.78 is 49.5. The second-order valence-electron chi connectivity index (χ2n) is 6.24. The van der Waals surface area contributed by atoms with Gasteiger partial charge < -0.3 is 19.8 Å². The van der Waals surface area contributed by atoms with Gasteiger partial charge in [-0.25, -0.2) is 4.98 Å². The largest absolute Gasteiger partial charge is 0.522 e. The first-order chi connectivity index (χ1) is 14.2. The molecular weight excluding hydrogens is 454 g/mol. The smallest absolute Gasteiger partial charge is 0.447 e. The van der Waals surface area contributed by atoms with Crippen molar-refractivity contribution in [2.24, 2.45) is 0 Å². The van der Waals surface area contributed by atoms with Crippen LogP contribution in [0.2, 0.25) is 10.0 Å². The molecule has 30 heavy (non-hydrogen) atoms. The van der Waals surface area contributed by atoms with Crippen molar-refractivity contribution < 1.29 is 31.9 Å². The van der Waals surface area contributed by atoms with Gasteiger partial charge in [-0.05, 0) is 18.9 Å². The van der Waals surface area contributed by atoms with E-state index in [1.807, 2.05) is 0 Å². The third-order valence-corrected chi connectivity index (χ3v) is 4.80. The molecule has 9 nitrogen and oxygen atoms in total. The molecule has 2 atom stereocenters. The minimum Gasteiger partial charge on any atom is -0.447 e. The summed E-state index contributed by atoms with van der Waals surface area (Å²) in [5.74, 6) is -0.147. The normalized spacial score (nSPS) is 19.5. The monoisotopic (exact) mass is 469 g/mol. The molecular formula is C16H16Cl2F3N5O4. The molecule has 2 N–H and O–H groups in total. The van der Waals surface area contributed by atoms with Crippen LogP contribution in [0, 0.1) is 0 Å². The number of carbonyl (C=O) groups excluding carboxylic acids is 1. The zero-order valence-corrected chi connectivity index (χ0v) is 16.7. The average Bonchev–Trinajstić information content (AvgIpc) is 3.16. The SMILES string of the molecule is O=C(N[C@H]1CC[C@H](c2nnc(OCCOC(F)(F)F)o2)NC1)c1cc(Cl)c(Cl)cn1. The topological polar surface area (TPSA) is 111 Å². The number of aromatic nitrogens is 3. The Labute approximate surface area is 178 Å². The molecule has 1 amide bonds. The van der Waals surface area contributed by atoms with Crippen LogP contribution in [0.25, 0.3) is 0 Å². The molecule has 0 aromatic carbocycles. The minimum atomic E-state index is -4.72. The van der Waals surface area contributed by atoms with Crippen molar-refractivity contribution in [3.05, 3.63) is 33.9 Å². The van der Waals surface area contributed by atoms with Gasteiger partial charge in [0.2, 0.25) is 5.89 Å². The lowest BCUT2D eigenvalue weighted by Gasteiger charge is -2.28. The molecule has 0 aliphatic carbocycles. The van der Waals surface area contributed by atoms with Gasteiger partial charge in [0.15, 0.2) is 0 Å². The number of pyridine rings is 1. The molecule has 14 heteroatoms. The van der Waals surface area contributed by atoms with Crippen LogP contribution in [0.3, 0.4) is 0 Å². The number of hydrogen-bond acceptors (Lipinski definition) is 8. The maximum absolute atomic E-state index is 12.3. The molecule has 0 saturated carbocycles. The van der Waals surface area contributed by atoms with E-state index in [0.717, 1.165) is 0 Å². The lowest BCUT2D eigenvalue weighted by Crippen LogP contribution is -2.47. The highest BCUT2D eigenvalue weighted by molar-refractivity contribution is 6.42. The van der Waals surface area contributed by atoms with Crippen LogP contribution in [-0.2, 0) is 4.74 Å². The van der Waals surface area contributed by atoms with Gasteiger partial charge in [0.25, 0.3) is 5.91 Å². The van der Waals surface area contributed by atoms with Crippen molar-refractivity contribution >= 4 is 29.1 Å². The Morgan fingerprint density at radius 2 is 2.07 bits per heavy atom. The fourth-order valence-electron chi connectivity index (χ4n) is 2.69. The van der Waals surface area contributed by atoms with Crippen molar-refractivity contribution in [1.29, 1.82) is 0 Å². The van der Waals surface area contributed by atoms with Crippen molar-refractivity contribution in [3.8, 4) is 6.08 Å². The van der Waals surface area contributed by atoms with Crippen LogP contribution in [0.15, 0.2) is 16.7 Å². The molecule has 1 saturated heterocycles. The molecule has 0 radical (unpaired) electrons. The molecule has 1 aliphatic heterocycles. The van der Waals surface area contributed by atoms with E-state index in [0.29, 0.717) is 19.4 Å². The fourth-order valence-corrected chi connectivity index (χ4v) is 2.95. The molecule has 1 aliphatic rings. The molecule has 0 spiro atoms. The molecule has 1 fully saturated rings. The number of alkyl halides is 3. The Kier molecular flexibility index (Phi) is 7.34. The van der Waals surface area contributed by atoms with E-state index in [9.17, 15) is 18.0 Å². The summed E-state index contributed by atoms with van der Waals surface area (Å²) in [6, 6.07) is 0.943. The Hall–Kier alpha value is -2.15. The van der Waals surface area contributed by atoms with Crippen molar-refractivity contribution in [2.75, 3.05) is 19.8 Å². The summed E-state index contributed by atoms with van der Waals surface area (Å²) in [5, 5.41) is 13.9. The molecule has 2 aromatic rings. The van der Waals surface area contributed by atoms with Crippen LogP contribution in [-0.4, -0.2) is 53.3 Å². The van der Waals surface area contributed by atoms with Gasteiger partial charge >= 0.3 is 12.4 Å². The fraction of sp³-hybridized carbons (Fsp3) is 0.500. The summed E-state index contributed by atoms with van der Waals surface area (Å²) in [5.41, 5.74) is 0.153. The predicted octanol–water partition coefficient (Wildman–Crippen LogP) is 2.91. The quantitative estimate of drug-likeness (QED) is 0.595. The van der Waals surface area contributed by atoms with Crippen LogP contribution in [0.1, 0.15) is 35.3 Å². The Morgan fingerprint density at radius 3 is 2.73 bits per heavy atom. The van der Waals surface area contributed by atoms with E-state index in [1.165, 1.54) is 12.3 Å². The van der Waals surface area contributed by atoms with Crippen LogP contribution >= 0.6 is 23.2 Å². The number of hydrogen-bond donors (Lipinski definition) is 2. The second kappa shape index (κ2) is 9.77. The van der Waals surface area contributed by atoms with Crippen molar-refractivity contribution in [2.45, 2.75) is 31.3 Å². The lowest BCUT2D eigenvalue weighted by molar-refractivity contribution is -0.325. The number of ether oxygens (including phenoxy) is 2. The van der Waals surface area contributed by atoms with Gasteiger partial charge in [0.05, 0.1) is 22.7 Å². The second-order valence-corrected chi connectivity index (χ2v) is 7.06. The maximum atomic E-state index is 12.3. The molecule has 0 unspecified atom stereocenters. The third kappa shape index (κ3) is 6.42. The Bertz CT molecular complexity index is 875. The number of nitrogens with one attached hydrogen (secondary N) is 2. The zero-order valence-electron chi connectivity index (χ0n) is 15.2. The van der Waals surface area contributed by atoms with Gasteiger partial charge in [-0.3, -0.25) is 9.53 Å². The number of piperidine rings is 1.